The molecule has 0 aliphatic carbocycles. The fourth-order valence-corrected chi connectivity index (χ4v) is 3.93. The van der Waals surface area contributed by atoms with Gasteiger partial charge in [-0.15, -0.1) is 0 Å². The van der Waals surface area contributed by atoms with Gasteiger partial charge in [0.05, 0.1) is 6.61 Å². The summed E-state index contributed by atoms with van der Waals surface area (Å²) in [7, 11) is -1.96. The lowest BCUT2D eigenvalue weighted by Crippen LogP contribution is -2.52. The van der Waals surface area contributed by atoms with Gasteiger partial charge in [0.25, 0.3) is 0 Å². The molecule has 1 aliphatic heterocycles. The number of hydrogen-bond acceptors (Lipinski definition) is 2. The molecule has 1 heterocycles. The zero-order valence-electron chi connectivity index (χ0n) is 14.4. The van der Waals surface area contributed by atoms with Gasteiger partial charge in [-0.2, -0.15) is 0 Å². The van der Waals surface area contributed by atoms with Crippen molar-refractivity contribution in [2.45, 2.75) is 50.6 Å². The Labute approximate surface area is 136 Å². The van der Waals surface area contributed by atoms with Crippen molar-refractivity contribution in [1.29, 1.82) is 0 Å². The highest BCUT2D eigenvalue weighted by Gasteiger charge is 2.47. The van der Waals surface area contributed by atoms with Crippen LogP contribution in [0.3, 0.4) is 0 Å². The molecule has 120 valence electrons. The molecule has 22 heavy (non-hydrogen) atoms. The number of hydrogen-bond donors (Lipinski definition) is 0. The zero-order chi connectivity index (χ0) is 16.4. The highest BCUT2D eigenvalue weighted by atomic mass is 28.4. The number of ether oxygens (including phenoxy) is 1. The zero-order valence-corrected chi connectivity index (χ0v) is 15.4. The molecule has 1 aliphatic rings. The van der Waals surface area contributed by atoms with Crippen LogP contribution in [0.1, 0.15) is 32.4 Å². The van der Waals surface area contributed by atoms with Gasteiger partial charge < -0.3 is 9.16 Å². The minimum atomic E-state index is -1.96. The van der Waals surface area contributed by atoms with E-state index >= 15 is 0 Å². The van der Waals surface area contributed by atoms with Crippen LogP contribution in [-0.4, -0.2) is 20.5 Å². The fraction of sp³-hybridized carbons (Fsp3) is 0.474. The Morgan fingerprint density at radius 2 is 1.91 bits per heavy atom. The predicted octanol–water partition coefficient (Wildman–Crippen LogP) is 5.26. The normalized spacial score (nSPS) is 26.0. The average Bonchev–Trinajstić information content (AvgIpc) is 2.47. The third-order valence-electron chi connectivity index (χ3n) is 4.81. The summed E-state index contributed by atoms with van der Waals surface area (Å²) in [5.41, 5.74) is 0.535. The van der Waals surface area contributed by atoms with Crippen LogP contribution in [0.15, 0.2) is 55.1 Å². The minimum absolute atomic E-state index is 0.134. The number of benzene rings is 1. The maximum Gasteiger partial charge on any atom is 0.193 e. The third kappa shape index (κ3) is 3.27. The van der Waals surface area contributed by atoms with Gasteiger partial charge in [-0.05, 0) is 29.8 Å². The molecule has 0 spiro atoms. The van der Waals surface area contributed by atoms with Gasteiger partial charge in [0.15, 0.2) is 8.32 Å². The van der Waals surface area contributed by atoms with E-state index in [4.69, 9.17) is 9.16 Å². The second kappa shape index (κ2) is 6.15. The van der Waals surface area contributed by atoms with Crippen LogP contribution >= 0.6 is 0 Å². The van der Waals surface area contributed by atoms with Crippen molar-refractivity contribution >= 4 is 8.32 Å². The van der Waals surface area contributed by atoms with Crippen LogP contribution < -0.4 is 0 Å². The van der Waals surface area contributed by atoms with Crippen molar-refractivity contribution in [1.82, 2.24) is 0 Å². The number of rotatable bonds is 4. The van der Waals surface area contributed by atoms with Gasteiger partial charge >= 0.3 is 0 Å². The summed E-state index contributed by atoms with van der Waals surface area (Å²) in [5, 5.41) is 0.134. The molecule has 0 unspecified atom stereocenters. The lowest BCUT2D eigenvalue weighted by Gasteiger charge is -2.47. The molecule has 0 amide bonds. The smallest absolute Gasteiger partial charge is 0.193 e. The molecule has 0 saturated carbocycles. The van der Waals surface area contributed by atoms with Gasteiger partial charge in [0, 0.05) is 0 Å². The highest BCUT2D eigenvalue weighted by molar-refractivity contribution is 6.74. The van der Waals surface area contributed by atoms with Crippen molar-refractivity contribution in [2.24, 2.45) is 0 Å². The van der Waals surface area contributed by atoms with Crippen molar-refractivity contribution in [3.8, 4) is 0 Å². The van der Waals surface area contributed by atoms with E-state index < -0.39 is 13.9 Å². The second-order valence-corrected chi connectivity index (χ2v) is 12.2. The molecule has 0 aromatic heterocycles. The molecule has 2 nitrogen and oxygen atoms in total. The molecule has 1 aromatic carbocycles. The molecule has 2 atom stereocenters. The average molecular weight is 317 g/mol. The Morgan fingerprint density at radius 1 is 1.27 bits per heavy atom. The summed E-state index contributed by atoms with van der Waals surface area (Å²) in [6.07, 6.45) is 5.92. The van der Waals surface area contributed by atoms with Gasteiger partial charge in [0.2, 0.25) is 0 Å². The molecule has 1 aromatic rings. The molecule has 0 radical (unpaired) electrons. The molecule has 2 rings (SSSR count). The molecule has 0 bridgehead atoms. The monoisotopic (exact) mass is 316 g/mol. The van der Waals surface area contributed by atoms with Crippen LogP contribution in [0, 0.1) is 0 Å². The van der Waals surface area contributed by atoms with Crippen LogP contribution in [0.2, 0.25) is 18.1 Å². The summed E-state index contributed by atoms with van der Waals surface area (Å²) < 4.78 is 12.8. The molecule has 0 fully saturated rings. The van der Waals surface area contributed by atoms with Crippen LogP contribution in [-0.2, 0) is 9.16 Å². The lowest BCUT2D eigenvalue weighted by molar-refractivity contribution is -0.0517. The van der Waals surface area contributed by atoms with Crippen molar-refractivity contribution in [3.05, 3.63) is 60.7 Å². The van der Waals surface area contributed by atoms with E-state index in [-0.39, 0.29) is 11.1 Å². The van der Waals surface area contributed by atoms with E-state index in [0.717, 1.165) is 5.56 Å². The Morgan fingerprint density at radius 3 is 2.45 bits per heavy atom. The molecular formula is C19H28O2Si. The van der Waals surface area contributed by atoms with E-state index in [9.17, 15) is 0 Å². The summed E-state index contributed by atoms with van der Waals surface area (Å²) in [6.45, 7) is 16.0. The lowest BCUT2D eigenvalue weighted by atomic mass is 9.89. The second-order valence-electron chi connectivity index (χ2n) is 7.45. The summed E-state index contributed by atoms with van der Waals surface area (Å²) in [5.74, 6) is 0. The predicted molar refractivity (Wildman–Crippen MR) is 95.5 cm³/mol. The maximum atomic E-state index is 6.76. The van der Waals surface area contributed by atoms with E-state index in [1.54, 1.807) is 0 Å². The first-order chi connectivity index (χ1) is 10.2. The van der Waals surface area contributed by atoms with Gasteiger partial charge in [0.1, 0.15) is 11.7 Å². The van der Waals surface area contributed by atoms with Crippen LogP contribution in [0.5, 0.6) is 0 Å². The largest absolute Gasteiger partial charge is 0.402 e. The first-order valence-electron chi connectivity index (χ1n) is 7.90. The van der Waals surface area contributed by atoms with Gasteiger partial charge in [-0.25, -0.2) is 0 Å². The third-order valence-corrected chi connectivity index (χ3v) is 9.28. The first kappa shape index (κ1) is 17.2. The highest BCUT2D eigenvalue weighted by Crippen LogP contribution is 2.45. The quantitative estimate of drug-likeness (QED) is 0.557. The fourth-order valence-electron chi connectivity index (χ4n) is 2.49. The molecule has 0 saturated heterocycles. The van der Waals surface area contributed by atoms with Crippen molar-refractivity contribution in [3.63, 3.8) is 0 Å². The SMILES string of the molecule is C=C[C@]1(O[Si](C)(C)C(C)(C)C)C=CCO[C@@H]1c1ccccc1. The molecular weight excluding hydrogens is 288 g/mol. The topological polar surface area (TPSA) is 18.5 Å². The molecule has 0 N–H and O–H groups in total. The van der Waals surface area contributed by atoms with Crippen LogP contribution in [0.25, 0.3) is 0 Å². The van der Waals surface area contributed by atoms with Crippen molar-refractivity contribution < 1.29 is 9.16 Å². The Hall–Kier alpha value is -1.16. The Kier molecular flexibility index (Phi) is 4.80. The maximum absolute atomic E-state index is 6.76. The van der Waals surface area contributed by atoms with E-state index in [2.05, 4.69) is 58.7 Å². The summed E-state index contributed by atoms with van der Waals surface area (Å²) in [4.78, 5) is 0. The summed E-state index contributed by atoms with van der Waals surface area (Å²) in [6, 6.07) is 10.3. The van der Waals surface area contributed by atoms with Crippen LogP contribution in [0.4, 0.5) is 0 Å². The van der Waals surface area contributed by atoms with E-state index in [0.29, 0.717) is 6.61 Å². The van der Waals surface area contributed by atoms with E-state index in [1.165, 1.54) is 0 Å². The van der Waals surface area contributed by atoms with E-state index in [1.807, 2.05) is 30.4 Å². The van der Waals surface area contributed by atoms with Gasteiger partial charge in [-0.1, -0.05) is 69.8 Å². The molecule has 3 heteroatoms. The summed E-state index contributed by atoms with van der Waals surface area (Å²) >= 11 is 0. The van der Waals surface area contributed by atoms with Crippen molar-refractivity contribution in [2.75, 3.05) is 6.61 Å². The minimum Gasteiger partial charge on any atom is -0.402 e. The van der Waals surface area contributed by atoms with Gasteiger partial charge in [-0.3, -0.25) is 0 Å². The Bertz CT molecular complexity index is 542. The first-order valence-corrected chi connectivity index (χ1v) is 10.8. The Balaban J connectivity index is 2.43. The standard InChI is InChI=1S/C19H28O2Si/c1-7-19(21-22(5,6)18(2,3)4)14-11-15-20-17(19)16-12-9-8-10-13-16/h7-14,17H,1,15H2,2-6H3/t17-,19+/m1/s1.